The van der Waals surface area contributed by atoms with Crippen molar-refractivity contribution in [1.29, 1.82) is 0 Å². The first-order valence-corrected chi connectivity index (χ1v) is 3.98. The van der Waals surface area contributed by atoms with Crippen molar-refractivity contribution in [3.63, 3.8) is 0 Å². The van der Waals surface area contributed by atoms with Gasteiger partial charge in [-0.2, -0.15) is 0 Å². The molecule has 0 aromatic heterocycles. The van der Waals surface area contributed by atoms with Crippen LogP contribution in [0.4, 0.5) is 11.4 Å². The van der Waals surface area contributed by atoms with Gasteiger partial charge in [-0.05, 0) is 25.5 Å². The molecule has 0 aliphatic rings. The van der Waals surface area contributed by atoms with Crippen LogP contribution in [0.15, 0.2) is 12.1 Å². The maximum absolute atomic E-state index is 9.36. The number of benzene rings is 1. The molecule has 0 fully saturated rings. The third-order valence-electron chi connectivity index (χ3n) is 1.74. The van der Waals surface area contributed by atoms with Crippen molar-refractivity contribution in [2.24, 2.45) is 0 Å². The van der Waals surface area contributed by atoms with Crippen LogP contribution >= 0.6 is 0 Å². The van der Waals surface area contributed by atoms with Gasteiger partial charge >= 0.3 is 0 Å². The van der Waals surface area contributed by atoms with Crippen molar-refractivity contribution >= 4 is 11.4 Å². The van der Waals surface area contributed by atoms with Crippen LogP contribution in [0, 0.1) is 6.92 Å². The van der Waals surface area contributed by atoms with Gasteiger partial charge in [0, 0.05) is 12.6 Å². The number of anilines is 2. The lowest BCUT2D eigenvalue weighted by Crippen LogP contribution is -2.00. The van der Waals surface area contributed by atoms with E-state index in [0.29, 0.717) is 5.69 Å². The first-order valence-electron chi connectivity index (χ1n) is 3.98. The Hall–Kier alpha value is -1.38. The molecule has 3 heteroatoms. The van der Waals surface area contributed by atoms with Crippen molar-refractivity contribution in [3.8, 4) is 5.75 Å². The molecule has 12 heavy (non-hydrogen) atoms. The summed E-state index contributed by atoms with van der Waals surface area (Å²) in [5, 5.41) is 12.4. The predicted molar refractivity (Wildman–Crippen MR) is 51.4 cm³/mol. The normalized spacial score (nSPS) is 9.83. The molecule has 0 unspecified atom stereocenters. The Balaban J connectivity index is 3.05. The molecular weight excluding hydrogens is 152 g/mol. The molecule has 1 rings (SSSR count). The molecule has 3 nitrogen and oxygen atoms in total. The van der Waals surface area contributed by atoms with E-state index in [1.54, 1.807) is 12.1 Å². The van der Waals surface area contributed by atoms with Crippen LogP contribution in [-0.2, 0) is 0 Å². The number of phenols is 1. The molecule has 0 saturated heterocycles. The highest BCUT2D eigenvalue weighted by Crippen LogP contribution is 2.27. The van der Waals surface area contributed by atoms with Gasteiger partial charge in [-0.15, -0.1) is 0 Å². The average molecular weight is 166 g/mol. The molecule has 0 atom stereocenters. The molecule has 0 amide bonds. The number of nitrogen functional groups attached to an aromatic ring is 1. The maximum Gasteiger partial charge on any atom is 0.120 e. The number of aryl methyl sites for hydroxylation is 1. The number of hydrogen-bond donors (Lipinski definition) is 3. The fraction of sp³-hybridized carbons (Fsp3) is 0.333. The van der Waals surface area contributed by atoms with Crippen molar-refractivity contribution in [1.82, 2.24) is 0 Å². The third kappa shape index (κ3) is 1.61. The minimum absolute atomic E-state index is 0.278. The lowest BCUT2D eigenvalue weighted by atomic mass is 10.1. The number of nitrogens with one attached hydrogen (secondary N) is 1. The largest absolute Gasteiger partial charge is 0.508 e. The molecule has 0 bridgehead atoms. The smallest absolute Gasteiger partial charge is 0.120 e. The van der Waals surface area contributed by atoms with Crippen LogP contribution in [-0.4, -0.2) is 11.7 Å². The Morgan fingerprint density at radius 1 is 1.50 bits per heavy atom. The standard InChI is InChI=1S/C9H14N2O/c1-3-11-8-5-9(12)6(2)4-7(8)10/h4-5,11-12H,3,10H2,1-2H3. The van der Waals surface area contributed by atoms with Gasteiger partial charge < -0.3 is 16.2 Å². The maximum atomic E-state index is 9.36. The summed E-state index contributed by atoms with van der Waals surface area (Å²) < 4.78 is 0. The Kier molecular flexibility index (Phi) is 2.43. The SMILES string of the molecule is CCNc1cc(O)c(C)cc1N. The first kappa shape index (κ1) is 8.71. The fourth-order valence-electron chi connectivity index (χ4n) is 1.06. The summed E-state index contributed by atoms with van der Waals surface area (Å²) >= 11 is 0. The number of aromatic hydroxyl groups is 1. The van der Waals surface area contributed by atoms with Crippen LogP contribution in [0.2, 0.25) is 0 Å². The van der Waals surface area contributed by atoms with Gasteiger partial charge in [0.1, 0.15) is 5.75 Å². The lowest BCUT2D eigenvalue weighted by Gasteiger charge is -2.08. The minimum Gasteiger partial charge on any atom is -0.508 e. The first-order chi connectivity index (χ1) is 5.65. The second-order valence-corrected chi connectivity index (χ2v) is 2.76. The molecule has 0 aliphatic heterocycles. The summed E-state index contributed by atoms with van der Waals surface area (Å²) in [6.45, 7) is 4.60. The van der Waals surface area contributed by atoms with Crippen LogP contribution < -0.4 is 11.1 Å². The molecule has 0 spiro atoms. The number of phenolic OH excluding ortho intramolecular Hbond substituents is 1. The Morgan fingerprint density at radius 2 is 2.17 bits per heavy atom. The van der Waals surface area contributed by atoms with E-state index in [2.05, 4.69) is 5.32 Å². The van der Waals surface area contributed by atoms with Gasteiger partial charge in [0.25, 0.3) is 0 Å². The Labute approximate surface area is 72.2 Å². The molecule has 66 valence electrons. The fourth-order valence-corrected chi connectivity index (χ4v) is 1.06. The van der Waals surface area contributed by atoms with E-state index in [0.717, 1.165) is 17.8 Å². The van der Waals surface area contributed by atoms with Gasteiger partial charge in [-0.3, -0.25) is 0 Å². The van der Waals surface area contributed by atoms with Gasteiger partial charge in [0.15, 0.2) is 0 Å². The van der Waals surface area contributed by atoms with E-state index in [4.69, 9.17) is 5.73 Å². The summed E-state index contributed by atoms with van der Waals surface area (Å²) in [5.41, 5.74) is 7.97. The van der Waals surface area contributed by atoms with Crippen molar-refractivity contribution in [2.75, 3.05) is 17.6 Å². The van der Waals surface area contributed by atoms with Crippen LogP contribution in [0.5, 0.6) is 5.75 Å². The van der Waals surface area contributed by atoms with Crippen molar-refractivity contribution in [2.45, 2.75) is 13.8 Å². The summed E-state index contributed by atoms with van der Waals surface area (Å²) in [4.78, 5) is 0. The average Bonchev–Trinajstić information content (AvgIpc) is 2.01. The topological polar surface area (TPSA) is 58.3 Å². The summed E-state index contributed by atoms with van der Waals surface area (Å²) in [6, 6.07) is 3.40. The molecule has 0 radical (unpaired) electrons. The highest BCUT2D eigenvalue weighted by atomic mass is 16.3. The molecule has 1 aromatic rings. The van der Waals surface area contributed by atoms with Gasteiger partial charge in [-0.25, -0.2) is 0 Å². The van der Waals surface area contributed by atoms with Gasteiger partial charge in [0.2, 0.25) is 0 Å². The summed E-state index contributed by atoms with van der Waals surface area (Å²) in [6.07, 6.45) is 0. The monoisotopic (exact) mass is 166 g/mol. The van der Waals surface area contributed by atoms with Crippen LogP contribution in [0.25, 0.3) is 0 Å². The molecule has 4 N–H and O–H groups in total. The van der Waals surface area contributed by atoms with E-state index >= 15 is 0 Å². The molecule has 1 aromatic carbocycles. The Morgan fingerprint density at radius 3 is 2.75 bits per heavy atom. The number of nitrogens with two attached hydrogens (primary N) is 1. The third-order valence-corrected chi connectivity index (χ3v) is 1.74. The van der Waals surface area contributed by atoms with E-state index in [-0.39, 0.29) is 5.75 Å². The van der Waals surface area contributed by atoms with E-state index in [9.17, 15) is 5.11 Å². The van der Waals surface area contributed by atoms with Crippen LogP contribution in [0.3, 0.4) is 0 Å². The molecule has 0 aliphatic carbocycles. The zero-order valence-electron chi connectivity index (χ0n) is 7.39. The van der Waals surface area contributed by atoms with Crippen LogP contribution in [0.1, 0.15) is 12.5 Å². The number of hydrogen-bond acceptors (Lipinski definition) is 3. The zero-order chi connectivity index (χ0) is 9.14. The summed E-state index contributed by atoms with van der Waals surface area (Å²) in [7, 11) is 0. The molecule has 0 saturated carbocycles. The van der Waals surface area contributed by atoms with Gasteiger partial charge in [0.05, 0.1) is 11.4 Å². The van der Waals surface area contributed by atoms with Crippen molar-refractivity contribution < 1.29 is 5.11 Å². The quantitative estimate of drug-likeness (QED) is 0.463. The van der Waals surface area contributed by atoms with Gasteiger partial charge in [-0.1, -0.05) is 0 Å². The van der Waals surface area contributed by atoms with E-state index < -0.39 is 0 Å². The Bertz CT molecular complexity index is 284. The molecule has 0 heterocycles. The highest BCUT2D eigenvalue weighted by molar-refractivity contribution is 5.69. The second-order valence-electron chi connectivity index (χ2n) is 2.76. The van der Waals surface area contributed by atoms with E-state index in [1.165, 1.54) is 0 Å². The number of rotatable bonds is 2. The highest BCUT2D eigenvalue weighted by Gasteiger charge is 2.01. The lowest BCUT2D eigenvalue weighted by molar-refractivity contribution is 0.471. The van der Waals surface area contributed by atoms with E-state index in [1.807, 2.05) is 13.8 Å². The second kappa shape index (κ2) is 3.34. The zero-order valence-corrected chi connectivity index (χ0v) is 7.39. The minimum atomic E-state index is 0.278. The molecular formula is C9H14N2O. The predicted octanol–water partition coefficient (Wildman–Crippen LogP) is 1.71. The van der Waals surface area contributed by atoms with Crippen molar-refractivity contribution in [3.05, 3.63) is 17.7 Å². The summed E-state index contributed by atoms with van der Waals surface area (Å²) in [5.74, 6) is 0.278.